The molecule has 5 heteroatoms. The van der Waals surface area contributed by atoms with Crippen LogP contribution in [-0.2, 0) is 4.79 Å². The molecule has 1 amide bonds. The maximum atomic E-state index is 12.4. The average molecular weight is 708 g/mol. The Hall–Kier alpha value is -0.910. The molecule has 0 radical (unpaired) electrons. The second-order valence-electron chi connectivity index (χ2n) is 15.6. The third kappa shape index (κ3) is 35.5. The largest absolute Gasteiger partial charge is 0.394 e. The topological polar surface area (TPSA) is 89.8 Å². The third-order valence-electron chi connectivity index (χ3n) is 10.6. The zero-order valence-electron chi connectivity index (χ0n) is 33.8. The summed E-state index contributed by atoms with van der Waals surface area (Å²) in [6.07, 6.45) is 47.6. The van der Waals surface area contributed by atoms with Gasteiger partial charge in [-0.2, -0.15) is 0 Å². The first-order valence-corrected chi connectivity index (χ1v) is 22.5. The fraction of sp³-hybridized carbons (Fsp3) is 0.933. The number of allylic oxidation sites excluding steroid dienone is 2. The highest BCUT2D eigenvalue weighted by Gasteiger charge is 2.26. The molecule has 0 saturated carbocycles. The summed E-state index contributed by atoms with van der Waals surface area (Å²) in [5.74, 6) is -0.151. The molecule has 5 nitrogen and oxygen atoms in total. The minimum Gasteiger partial charge on any atom is -0.394 e. The van der Waals surface area contributed by atoms with Crippen molar-refractivity contribution in [2.24, 2.45) is 0 Å². The van der Waals surface area contributed by atoms with Gasteiger partial charge in [0.25, 0.3) is 0 Å². The molecular formula is C45H89NO4. The molecule has 0 aromatic carbocycles. The number of nitrogens with one attached hydrogen (secondary N) is 1. The first-order valence-electron chi connectivity index (χ1n) is 22.5. The van der Waals surface area contributed by atoms with Gasteiger partial charge in [-0.05, 0) is 38.5 Å². The van der Waals surface area contributed by atoms with Crippen molar-refractivity contribution in [2.75, 3.05) is 6.61 Å². The molecule has 298 valence electrons. The number of carbonyl (C=O) groups is 1. The number of carbonyl (C=O) groups excluding carboxylic acids is 1. The zero-order valence-corrected chi connectivity index (χ0v) is 33.8. The van der Waals surface area contributed by atoms with E-state index < -0.39 is 18.2 Å². The number of amides is 1. The molecule has 0 spiro atoms. The summed E-state index contributed by atoms with van der Waals surface area (Å²) < 4.78 is 0. The quantitative estimate of drug-likeness (QED) is 0.0376. The molecule has 0 aliphatic heterocycles. The number of aliphatic hydroxyl groups is 3. The molecule has 0 saturated heterocycles. The molecule has 0 rings (SSSR count). The van der Waals surface area contributed by atoms with E-state index in [4.69, 9.17) is 0 Å². The first kappa shape index (κ1) is 49.1. The van der Waals surface area contributed by atoms with E-state index in [1.165, 1.54) is 180 Å². The van der Waals surface area contributed by atoms with Gasteiger partial charge < -0.3 is 20.6 Å². The van der Waals surface area contributed by atoms with Crippen LogP contribution in [0.1, 0.15) is 245 Å². The summed E-state index contributed by atoms with van der Waals surface area (Å²) in [6.45, 7) is 4.17. The van der Waals surface area contributed by atoms with Gasteiger partial charge in [-0.1, -0.05) is 212 Å². The Balaban J connectivity index is 3.55. The average Bonchev–Trinajstić information content (AvgIpc) is 3.12. The Morgan fingerprint density at radius 3 is 1.16 bits per heavy atom. The predicted molar refractivity (Wildman–Crippen MR) is 218 cm³/mol. The number of unbranched alkanes of at least 4 members (excludes halogenated alkanes) is 31. The van der Waals surface area contributed by atoms with Gasteiger partial charge in [-0.3, -0.25) is 4.79 Å². The molecule has 0 heterocycles. The van der Waals surface area contributed by atoms with Gasteiger partial charge in [0.15, 0.2) is 0 Å². The normalized spacial score (nSPS) is 13.6. The molecule has 0 bridgehead atoms. The Labute approximate surface area is 312 Å². The van der Waals surface area contributed by atoms with Crippen LogP contribution in [0.5, 0.6) is 0 Å². The van der Waals surface area contributed by atoms with Gasteiger partial charge >= 0.3 is 0 Å². The maximum absolute atomic E-state index is 12.4. The van der Waals surface area contributed by atoms with Crippen LogP contribution in [-0.4, -0.2) is 46.1 Å². The van der Waals surface area contributed by atoms with Crippen molar-refractivity contribution >= 4 is 5.91 Å². The summed E-state index contributed by atoms with van der Waals surface area (Å²) in [5, 5.41) is 33.4. The van der Waals surface area contributed by atoms with Crippen LogP contribution >= 0.6 is 0 Å². The minimum absolute atomic E-state index is 0.151. The van der Waals surface area contributed by atoms with Crippen LogP contribution in [0.4, 0.5) is 0 Å². The Kier molecular flexibility index (Phi) is 40.1. The van der Waals surface area contributed by atoms with Crippen molar-refractivity contribution in [3.05, 3.63) is 12.2 Å². The second-order valence-corrected chi connectivity index (χ2v) is 15.6. The van der Waals surface area contributed by atoms with Crippen molar-refractivity contribution in [3.63, 3.8) is 0 Å². The Morgan fingerprint density at radius 2 is 0.800 bits per heavy atom. The highest BCUT2D eigenvalue weighted by atomic mass is 16.3. The lowest BCUT2D eigenvalue weighted by atomic mass is 10.0. The van der Waals surface area contributed by atoms with Crippen molar-refractivity contribution in [1.29, 1.82) is 0 Å². The van der Waals surface area contributed by atoms with E-state index in [-0.39, 0.29) is 12.5 Å². The molecule has 0 aliphatic rings. The molecular weight excluding hydrogens is 618 g/mol. The summed E-state index contributed by atoms with van der Waals surface area (Å²) in [6, 6.07) is -0.820. The molecule has 0 fully saturated rings. The summed E-state index contributed by atoms with van der Waals surface area (Å²) in [7, 11) is 0. The smallest absolute Gasteiger partial charge is 0.220 e. The van der Waals surface area contributed by atoms with E-state index in [1.807, 2.05) is 0 Å². The number of rotatable bonds is 41. The second kappa shape index (κ2) is 40.9. The van der Waals surface area contributed by atoms with Crippen LogP contribution < -0.4 is 5.32 Å². The number of aliphatic hydroxyl groups excluding tert-OH is 3. The van der Waals surface area contributed by atoms with Gasteiger partial charge in [0, 0.05) is 6.42 Å². The SMILES string of the molecule is CCCCCCCCC/C=C/CCCC(O)C(O)C(CO)NC(=O)CCCCCCCCCCCCCCCCCCCCCCCCCC. The van der Waals surface area contributed by atoms with Crippen LogP contribution in [0.3, 0.4) is 0 Å². The van der Waals surface area contributed by atoms with Gasteiger partial charge in [0.1, 0.15) is 6.10 Å². The molecule has 50 heavy (non-hydrogen) atoms. The van der Waals surface area contributed by atoms with Gasteiger partial charge in [-0.15, -0.1) is 0 Å². The fourth-order valence-electron chi connectivity index (χ4n) is 7.10. The highest BCUT2D eigenvalue weighted by Crippen LogP contribution is 2.16. The predicted octanol–water partition coefficient (Wildman–Crippen LogP) is 12.8. The van der Waals surface area contributed by atoms with E-state index in [2.05, 4.69) is 31.3 Å². The van der Waals surface area contributed by atoms with Crippen LogP contribution in [0.25, 0.3) is 0 Å². The van der Waals surface area contributed by atoms with E-state index >= 15 is 0 Å². The van der Waals surface area contributed by atoms with Gasteiger partial charge in [0.05, 0.1) is 18.8 Å². The van der Waals surface area contributed by atoms with Crippen molar-refractivity contribution < 1.29 is 20.1 Å². The van der Waals surface area contributed by atoms with Crippen LogP contribution in [0.15, 0.2) is 12.2 Å². The number of hydrogen-bond acceptors (Lipinski definition) is 4. The molecule has 0 aliphatic carbocycles. The molecule has 4 N–H and O–H groups in total. The summed E-state index contributed by atoms with van der Waals surface area (Å²) >= 11 is 0. The van der Waals surface area contributed by atoms with E-state index in [0.29, 0.717) is 12.8 Å². The molecule has 0 aromatic rings. The van der Waals surface area contributed by atoms with E-state index in [0.717, 1.165) is 38.5 Å². The Morgan fingerprint density at radius 1 is 0.480 bits per heavy atom. The zero-order chi connectivity index (χ0) is 36.6. The summed E-state index contributed by atoms with van der Waals surface area (Å²) in [4.78, 5) is 12.4. The molecule has 0 aromatic heterocycles. The summed E-state index contributed by atoms with van der Waals surface area (Å²) in [5.41, 5.74) is 0. The van der Waals surface area contributed by atoms with E-state index in [1.54, 1.807) is 0 Å². The van der Waals surface area contributed by atoms with E-state index in [9.17, 15) is 20.1 Å². The van der Waals surface area contributed by atoms with Crippen LogP contribution in [0, 0.1) is 0 Å². The minimum atomic E-state index is -1.15. The maximum Gasteiger partial charge on any atom is 0.220 e. The lowest BCUT2D eigenvalue weighted by Crippen LogP contribution is -2.50. The first-order chi connectivity index (χ1) is 24.6. The van der Waals surface area contributed by atoms with Crippen molar-refractivity contribution in [2.45, 2.75) is 263 Å². The lowest BCUT2D eigenvalue weighted by Gasteiger charge is -2.26. The van der Waals surface area contributed by atoms with Crippen LogP contribution in [0.2, 0.25) is 0 Å². The molecule has 3 unspecified atom stereocenters. The fourth-order valence-corrected chi connectivity index (χ4v) is 7.10. The van der Waals surface area contributed by atoms with Crippen molar-refractivity contribution in [3.8, 4) is 0 Å². The van der Waals surface area contributed by atoms with Gasteiger partial charge in [-0.25, -0.2) is 0 Å². The third-order valence-corrected chi connectivity index (χ3v) is 10.6. The Bertz CT molecular complexity index is 699. The van der Waals surface area contributed by atoms with Crippen molar-refractivity contribution in [1.82, 2.24) is 5.32 Å². The van der Waals surface area contributed by atoms with Gasteiger partial charge in [0.2, 0.25) is 5.91 Å². The standard InChI is InChI=1S/C45H89NO4/c1-3-5-7-9-11-13-15-17-18-19-20-21-22-23-24-25-26-27-28-30-32-34-36-38-40-44(49)46-42(41-47)45(50)43(48)39-37-35-33-31-29-16-14-12-10-8-6-4-2/h31,33,42-43,45,47-48,50H,3-30,32,34-41H2,1-2H3,(H,46,49)/b33-31+. The molecule has 3 atom stereocenters. The highest BCUT2D eigenvalue weighted by molar-refractivity contribution is 5.76. The monoisotopic (exact) mass is 708 g/mol. The number of hydrogen-bond donors (Lipinski definition) is 4. The lowest BCUT2D eigenvalue weighted by molar-refractivity contribution is -0.124.